The number of halogens is 1. The number of carbonyl (C=O) groups is 1. The monoisotopic (exact) mass is 364 g/mol. The van der Waals surface area contributed by atoms with Crippen molar-refractivity contribution in [3.05, 3.63) is 50.1 Å². The highest BCUT2D eigenvalue weighted by Crippen LogP contribution is 2.22. The SMILES string of the molecule is NCC#Cc1csc(CNC(=O)c2cc(Br)ccc2O)c1. The number of aromatic hydroxyl groups is 1. The van der Waals surface area contributed by atoms with Gasteiger partial charge >= 0.3 is 0 Å². The number of thiophene rings is 1. The lowest BCUT2D eigenvalue weighted by Crippen LogP contribution is -2.22. The van der Waals surface area contributed by atoms with E-state index in [1.807, 2.05) is 11.4 Å². The van der Waals surface area contributed by atoms with E-state index < -0.39 is 0 Å². The van der Waals surface area contributed by atoms with Crippen LogP contribution in [0.15, 0.2) is 34.1 Å². The Morgan fingerprint density at radius 3 is 3.00 bits per heavy atom. The molecule has 4 N–H and O–H groups in total. The van der Waals surface area contributed by atoms with Crippen molar-refractivity contribution in [3.63, 3.8) is 0 Å². The van der Waals surface area contributed by atoms with E-state index in [1.165, 1.54) is 17.4 Å². The first-order valence-corrected chi connectivity index (χ1v) is 7.80. The molecule has 2 aromatic rings. The predicted molar refractivity (Wildman–Crippen MR) is 87.2 cm³/mol. The van der Waals surface area contributed by atoms with Crippen molar-refractivity contribution < 1.29 is 9.90 Å². The molecule has 21 heavy (non-hydrogen) atoms. The standard InChI is InChI=1S/C15H13BrN2O2S/c16-11-3-4-14(19)13(7-11)15(20)18-8-12-6-10(9-21-12)2-1-5-17/h3-4,6-7,9,19H,5,8,17H2,(H,18,20). The Morgan fingerprint density at radius 1 is 1.43 bits per heavy atom. The first kappa shape index (κ1) is 15.6. The zero-order valence-electron chi connectivity index (χ0n) is 11.0. The lowest BCUT2D eigenvalue weighted by Gasteiger charge is -2.06. The number of carbonyl (C=O) groups excluding carboxylic acids is 1. The van der Waals surface area contributed by atoms with Crippen LogP contribution >= 0.6 is 27.3 Å². The van der Waals surface area contributed by atoms with Crippen LogP contribution in [-0.2, 0) is 6.54 Å². The molecule has 0 saturated carbocycles. The third kappa shape index (κ3) is 4.33. The molecule has 0 saturated heterocycles. The molecule has 1 aromatic carbocycles. The van der Waals surface area contributed by atoms with Crippen LogP contribution in [0.1, 0.15) is 20.8 Å². The maximum absolute atomic E-state index is 12.0. The van der Waals surface area contributed by atoms with Crippen LogP contribution in [0, 0.1) is 11.8 Å². The molecule has 108 valence electrons. The first-order chi connectivity index (χ1) is 10.1. The Kier molecular flexibility index (Phi) is 5.39. The van der Waals surface area contributed by atoms with Crippen molar-refractivity contribution in [2.45, 2.75) is 6.54 Å². The fourth-order valence-corrected chi connectivity index (χ4v) is 2.76. The van der Waals surface area contributed by atoms with Crippen LogP contribution in [0.5, 0.6) is 5.75 Å². The van der Waals surface area contributed by atoms with Gasteiger partial charge in [0.1, 0.15) is 5.75 Å². The summed E-state index contributed by atoms with van der Waals surface area (Å²) in [5.74, 6) is 5.35. The maximum atomic E-state index is 12.0. The summed E-state index contributed by atoms with van der Waals surface area (Å²) in [7, 11) is 0. The molecule has 0 spiro atoms. The van der Waals surface area contributed by atoms with Gasteiger partial charge < -0.3 is 16.2 Å². The van der Waals surface area contributed by atoms with E-state index in [2.05, 4.69) is 33.1 Å². The first-order valence-electron chi connectivity index (χ1n) is 6.13. The summed E-state index contributed by atoms with van der Waals surface area (Å²) < 4.78 is 0.737. The third-order valence-corrected chi connectivity index (χ3v) is 4.04. The van der Waals surface area contributed by atoms with Crippen LogP contribution in [0.3, 0.4) is 0 Å². The summed E-state index contributed by atoms with van der Waals surface area (Å²) in [4.78, 5) is 13.0. The molecule has 1 amide bonds. The molecule has 1 heterocycles. The van der Waals surface area contributed by atoms with Gasteiger partial charge in [-0.25, -0.2) is 0 Å². The van der Waals surface area contributed by atoms with Crippen LogP contribution < -0.4 is 11.1 Å². The highest BCUT2D eigenvalue weighted by molar-refractivity contribution is 9.10. The van der Waals surface area contributed by atoms with Crippen molar-refractivity contribution in [2.24, 2.45) is 5.73 Å². The zero-order chi connectivity index (χ0) is 15.2. The molecule has 0 radical (unpaired) electrons. The smallest absolute Gasteiger partial charge is 0.255 e. The van der Waals surface area contributed by atoms with Crippen molar-refractivity contribution in [3.8, 4) is 17.6 Å². The van der Waals surface area contributed by atoms with E-state index >= 15 is 0 Å². The number of nitrogens with one attached hydrogen (secondary N) is 1. The molecule has 0 aliphatic heterocycles. The van der Waals surface area contributed by atoms with Gasteiger partial charge in [-0.2, -0.15) is 0 Å². The van der Waals surface area contributed by atoms with Crippen molar-refractivity contribution in [1.29, 1.82) is 0 Å². The minimum atomic E-state index is -0.322. The number of nitrogens with two attached hydrogens (primary N) is 1. The second-order valence-corrected chi connectivity index (χ2v) is 6.06. The summed E-state index contributed by atoms with van der Waals surface area (Å²) in [6.07, 6.45) is 0. The number of hydrogen-bond acceptors (Lipinski definition) is 4. The highest BCUT2D eigenvalue weighted by atomic mass is 79.9. The van der Waals surface area contributed by atoms with Gasteiger partial charge in [0.15, 0.2) is 0 Å². The molecular formula is C15H13BrN2O2S. The van der Waals surface area contributed by atoms with E-state index in [9.17, 15) is 9.90 Å². The van der Waals surface area contributed by atoms with E-state index in [0.29, 0.717) is 13.1 Å². The molecule has 0 unspecified atom stereocenters. The summed E-state index contributed by atoms with van der Waals surface area (Å²) in [5.41, 5.74) is 6.45. The van der Waals surface area contributed by atoms with Gasteiger partial charge in [0.2, 0.25) is 0 Å². The lowest BCUT2D eigenvalue weighted by atomic mass is 10.2. The summed E-state index contributed by atoms with van der Waals surface area (Å²) >= 11 is 4.79. The molecule has 1 aromatic heterocycles. The van der Waals surface area contributed by atoms with Crippen molar-refractivity contribution >= 4 is 33.2 Å². The molecule has 0 aliphatic rings. The number of phenols is 1. The third-order valence-electron chi connectivity index (χ3n) is 2.61. The van der Waals surface area contributed by atoms with Crippen LogP contribution in [0.4, 0.5) is 0 Å². The number of benzene rings is 1. The molecule has 0 atom stereocenters. The predicted octanol–water partition coefficient (Wildman–Crippen LogP) is 2.46. The highest BCUT2D eigenvalue weighted by Gasteiger charge is 2.11. The van der Waals surface area contributed by atoms with E-state index in [0.717, 1.165) is 14.9 Å². The minimum absolute atomic E-state index is 0.0450. The van der Waals surface area contributed by atoms with Gasteiger partial charge in [0.05, 0.1) is 18.7 Å². The van der Waals surface area contributed by atoms with Gasteiger partial charge in [-0.15, -0.1) is 11.3 Å². The van der Waals surface area contributed by atoms with Gasteiger partial charge in [0.25, 0.3) is 5.91 Å². The number of amides is 1. The number of phenolic OH excluding ortho intramolecular Hbond substituents is 1. The molecule has 2 rings (SSSR count). The van der Waals surface area contributed by atoms with E-state index in [4.69, 9.17) is 5.73 Å². The molecule has 4 nitrogen and oxygen atoms in total. The Balaban J connectivity index is 2.01. The Morgan fingerprint density at radius 2 is 2.24 bits per heavy atom. The fraction of sp³-hybridized carbons (Fsp3) is 0.133. The average Bonchev–Trinajstić information content (AvgIpc) is 2.93. The minimum Gasteiger partial charge on any atom is -0.507 e. The maximum Gasteiger partial charge on any atom is 0.255 e. The molecular weight excluding hydrogens is 352 g/mol. The largest absolute Gasteiger partial charge is 0.507 e. The fourth-order valence-electron chi connectivity index (χ4n) is 1.64. The second kappa shape index (κ2) is 7.27. The topological polar surface area (TPSA) is 75.3 Å². The van der Waals surface area contributed by atoms with E-state index in [-0.39, 0.29) is 17.2 Å². The summed E-state index contributed by atoms with van der Waals surface area (Å²) in [5, 5.41) is 14.4. The molecule has 6 heteroatoms. The second-order valence-electron chi connectivity index (χ2n) is 4.15. The lowest BCUT2D eigenvalue weighted by molar-refractivity contribution is 0.0948. The Hall–Kier alpha value is -1.81. The summed E-state index contributed by atoms with van der Waals surface area (Å²) in [6, 6.07) is 6.64. The molecule has 0 aliphatic carbocycles. The number of hydrogen-bond donors (Lipinski definition) is 3. The Bertz CT molecular complexity index is 716. The van der Waals surface area contributed by atoms with E-state index in [1.54, 1.807) is 12.1 Å². The zero-order valence-corrected chi connectivity index (χ0v) is 13.4. The molecule has 0 bridgehead atoms. The van der Waals surface area contributed by atoms with Gasteiger partial charge in [-0.05, 0) is 24.3 Å². The average molecular weight is 365 g/mol. The van der Waals surface area contributed by atoms with Crippen molar-refractivity contribution in [1.82, 2.24) is 5.32 Å². The number of rotatable bonds is 3. The van der Waals surface area contributed by atoms with Crippen LogP contribution in [0.25, 0.3) is 0 Å². The van der Waals surface area contributed by atoms with Crippen LogP contribution in [0.2, 0.25) is 0 Å². The van der Waals surface area contributed by atoms with Gasteiger partial charge in [-0.1, -0.05) is 27.8 Å². The summed E-state index contributed by atoms with van der Waals surface area (Å²) in [6.45, 7) is 0.712. The van der Waals surface area contributed by atoms with Gasteiger partial charge in [0, 0.05) is 20.3 Å². The quantitative estimate of drug-likeness (QED) is 0.732. The van der Waals surface area contributed by atoms with Crippen LogP contribution in [-0.4, -0.2) is 17.6 Å². The normalized spacial score (nSPS) is 9.81. The molecule has 0 fully saturated rings. The Labute approximate surface area is 135 Å². The van der Waals surface area contributed by atoms with Crippen molar-refractivity contribution in [2.75, 3.05) is 6.54 Å². The van der Waals surface area contributed by atoms with Gasteiger partial charge in [-0.3, -0.25) is 4.79 Å².